The van der Waals surface area contributed by atoms with E-state index in [9.17, 15) is 9.59 Å². The number of carbonyl (C=O) groups is 2. The first kappa shape index (κ1) is 31.9. The quantitative estimate of drug-likeness (QED) is 0.315. The predicted molar refractivity (Wildman–Crippen MR) is 173 cm³/mol. The fraction of sp³-hybridized carbons (Fsp3) is 0.576. The molecule has 2 N–H and O–H groups in total. The maximum absolute atomic E-state index is 13.6. The van der Waals surface area contributed by atoms with Gasteiger partial charge in [0.2, 0.25) is 11.8 Å². The Labute approximate surface area is 270 Å². The highest BCUT2D eigenvalue weighted by atomic mass is 35.5. The van der Waals surface area contributed by atoms with Crippen molar-refractivity contribution in [2.45, 2.75) is 76.0 Å². The lowest BCUT2D eigenvalue weighted by Gasteiger charge is -2.47. The third kappa shape index (κ3) is 7.07. The number of benzene rings is 2. The summed E-state index contributed by atoms with van der Waals surface area (Å²) in [5, 5.41) is 2.13. The Morgan fingerprint density at radius 1 is 0.833 bits per heavy atom. The van der Waals surface area contributed by atoms with Crippen LogP contribution in [0.4, 0.5) is 0 Å². The first-order valence-electron chi connectivity index (χ1n) is 15.3. The van der Waals surface area contributed by atoms with Crippen molar-refractivity contribution in [3.05, 3.63) is 67.6 Å². The Hall–Kier alpha value is -1.50. The number of piperidine rings is 2. The first-order chi connectivity index (χ1) is 20.1. The van der Waals surface area contributed by atoms with Crippen molar-refractivity contribution in [1.29, 1.82) is 0 Å². The summed E-state index contributed by atoms with van der Waals surface area (Å²) in [7, 11) is 0. The molecule has 228 valence electrons. The van der Waals surface area contributed by atoms with E-state index in [1.165, 1.54) is 6.42 Å². The van der Waals surface area contributed by atoms with Crippen LogP contribution >= 0.6 is 46.4 Å². The number of primary amides is 1. The molecule has 2 heterocycles. The van der Waals surface area contributed by atoms with Crippen LogP contribution in [0.25, 0.3) is 0 Å². The molecule has 2 aromatic rings. The molecule has 5 nitrogen and oxygen atoms in total. The van der Waals surface area contributed by atoms with Crippen molar-refractivity contribution in [2.75, 3.05) is 32.7 Å². The van der Waals surface area contributed by atoms with Gasteiger partial charge in [-0.15, -0.1) is 0 Å². The van der Waals surface area contributed by atoms with Gasteiger partial charge in [-0.1, -0.05) is 71.7 Å². The van der Waals surface area contributed by atoms with Crippen LogP contribution < -0.4 is 5.73 Å². The molecule has 2 amide bonds. The number of nitrogens with zero attached hydrogens (tertiary/aromatic N) is 2. The monoisotopic (exact) mass is 651 g/mol. The average Bonchev–Trinajstić information content (AvgIpc) is 2.97. The maximum atomic E-state index is 13.6. The van der Waals surface area contributed by atoms with E-state index in [2.05, 4.69) is 11.0 Å². The molecule has 1 aliphatic carbocycles. The summed E-state index contributed by atoms with van der Waals surface area (Å²) in [6.07, 6.45) is 10.4. The molecule has 2 aliphatic heterocycles. The molecule has 1 atom stereocenters. The molecule has 1 saturated carbocycles. The van der Waals surface area contributed by atoms with Gasteiger partial charge in [-0.25, -0.2) is 0 Å². The van der Waals surface area contributed by atoms with Gasteiger partial charge in [-0.3, -0.25) is 9.59 Å². The van der Waals surface area contributed by atoms with Crippen LogP contribution in [0.1, 0.15) is 75.3 Å². The molecular formula is C33H41Cl4N3O2. The van der Waals surface area contributed by atoms with Crippen LogP contribution in [-0.2, 0) is 21.4 Å². The molecule has 5 rings (SSSR count). The zero-order valence-electron chi connectivity index (χ0n) is 24.2. The van der Waals surface area contributed by atoms with Crippen LogP contribution in [-0.4, -0.2) is 54.3 Å². The topological polar surface area (TPSA) is 66.6 Å². The lowest BCUT2D eigenvalue weighted by atomic mass is 9.62. The van der Waals surface area contributed by atoms with Gasteiger partial charge in [0.1, 0.15) is 0 Å². The normalized spacial score (nSPS) is 23.6. The van der Waals surface area contributed by atoms with Gasteiger partial charge >= 0.3 is 0 Å². The van der Waals surface area contributed by atoms with Crippen LogP contribution in [0.15, 0.2) is 36.4 Å². The second kappa shape index (κ2) is 13.6. The van der Waals surface area contributed by atoms with E-state index in [-0.39, 0.29) is 29.1 Å². The highest BCUT2D eigenvalue weighted by Crippen LogP contribution is 2.47. The van der Waals surface area contributed by atoms with Crippen LogP contribution in [0, 0.1) is 11.3 Å². The zero-order chi connectivity index (χ0) is 29.9. The molecule has 0 radical (unpaired) electrons. The second-order valence-electron chi connectivity index (χ2n) is 12.7. The number of halogens is 4. The molecule has 3 fully saturated rings. The average molecular weight is 654 g/mol. The van der Waals surface area contributed by atoms with E-state index in [0.717, 1.165) is 95.1 Å². The summed E-state index contributed by atoms with van der Waals surface area (Å²) in [5.41, 5.74) is 7.41. The van der Waals surface area contributed by atoms with Gasteiger partial charge in [0, 0.05) is 28.5 Å². The standard InChI is InChI=1S/C33H41Cl4N3O2/c34-26-17-23(18-27(35)21-26)19-30(41)40-13-4-9-32(22-40,25-5-6-28(36)29(37)20-25)12-16-39-14-7-24(8-15-39)33(31(38)42)10-2-1-3-11-33/h5-6,17-18,20-21,24H,1-4,7-16,19,22H2,(H2,38,42). The van der Waals surface area contributed by atoms with Gasteiger partial charge in [0.15, 0.2) is 0 Å². The Balaban J connectivity index is 1.29. The summed E-state index contributed by atoms with van der Waals surface area (Å²) < 4.78 is 0. The Bertz CT molecular complexity index is 1270. The van der Waals surface area contributed by atoms with E-state index in [4.69, 9.17) is 52.1 Å². The molecular weight excluding hydrogens is 612 g/mol. The number of likely N-dealkylation sites (tertiary alicyclic amines) is 2. The molecule has 1 unspecified atom stereocenters. The van der Waals surface area contributed by atoms with Crippen molar-refractivity contribution >= 4 is 58.2 Å². The van der Waals surface area contributed by atoms with Gasteiger partial charge in [0.25, 0.3) is 0 Å². The van der Waals surface area contributed by atoms with E-state index >= 15 is 0 Å². The van der Waals surface area contributed by atoms with Crippen molar-refractivity contribution < 1.29 is 9.59 Å². The van der Waals surface area contributed by atoms with Crippen molar-refractivity contribution in [3.63, 3.8) is 0 Å². The minimum absolute atomic E-state index is 0.0718. The van der Waals surface area contributed by atoms with E-state index in [1.54, 1.807) is 18.2 Å². The molecule has 2 aromatic carbocycles. The van der Waals surface area contributed by atoms with E-state index < -0.39 is 0 Å². The number of hydrogen-bond donors (Lipinski definition) is 1. The lowest BCUT2D eigenvalue weighted by Crippen LogP contribution is -2.51. The lowest BCUT2D eigenvalue weighted by molar-refractivity contribution is -0.135. The minimum atomic E-state index is -0.316. The summed E-state index contributed by atoms with van der Waals surface area (Å²) >= 11 is 25.2. The molecule has 3 aliphatic rings. The fourth-order valence-electron chi connectivity index (χ4n) is 7.87. The third-order valence-electron chi connectivity index (χ3n) is 10.3. The zero-order valence-corrected chi connectivity index (χ0v) is 27.2. The third-order valence-corrected chi connectivity index (χ3v) is 11.4. The molecule has 0 aromatic heterocycles. The molecule has 2 saturated heterocycles. The second-order valence-corrected chi connectivity index (χ2v) is 14.4. The summed E-state index contributed by atoms with van der Waals surface area (Å²) in [6.45, 7) is 4.20. The van der Waals surface area contributed by atoms with Gasteiger partial charge in [-0.2, -0.15) is 0 Å². The number of hydrogen-bond acceptors (Lipinski definition) is 3. The number of rotatable bonds is 8. The Morgan fingerprint density at radius 2 is 1.52 bits per heavy atom. The highest BCUT2D eigenvalue weighted by Gasteiger charge is 2.46. The Kier molecular flexibility index (Phi) is 10.4. The van der Waals surface area contributed by atoms with E-state index in [0.29, 0.717) is 32.6 Å². The Morgan fingerprint density at radius 3 is 2.17 bits per heavy atom. The number of nitrogens with two attached hydrogens (primary N) is 1. The predicted octanol–water partition coefficient (Wildman–Crippen LogP) is 7.94. The molecule has 0 bridgehead atoms. The largest absolute Gasteiger partial charge is 0.369 e. The molecule has 9 heteroatoms. The van der Waals surface area contributed by atoms with Gasteiger partial charge in [0.05, 0.1) is 21.9 Å². The molecule has 0 spiro atoms. The smallest absolute Gasteiger partial charge is 0.227 e. The maximum Gasteiger partial charge on any atom is 0.227 e. The van der Waals surface area contributed by atoms with Crippen LogP contribution in [0.5, 0.6) is 0 Å². The van der Waals surface area contributed by atoms with Crippen molar-refractivity contribution in [1.82, 2.24) is 9.80 Å². The minimum Gasteiger partial charge on any atom is -0.369 e. The number of carbonyl (C=O) groups excluding carboxylic acids is 2. The summed E-state index contributed by atoms with van der Waals surface area (Å²) in [5.74, 6) is 0.354. The summed E-state index contributed by atoms with van der Waals surface area (Å²) in [4.78, 5) is 30.7. The molecule has 42 heavy (non-hydrogen) atoms. The van der Waals surface area contributed by atoms with E-state index in [1.807, 2.05) is 17.0 Å². The SMILES string of the molecule is NC(=O)C1(C2CCN(CCC3(c4ccc(Cl)c(Cl)c4)CCCN(C(=O)Cc4cc(Cl)cc(Cl)c4)C3)CC2)CCCCC1. The fourth-order valence-corrected chi connectivity index (χ4v) is 8.74. The highest BCUT2D eigenvalue weighted by molar-refractivity contribution is 6.42. The van der Waals surface area contributed by atoms with Crippen LogP contribution in [0.3, 0.4) is 0 Å². The van der Waals surface area contributed by atoms with Crippen LogP contribution in [0.2, 0.25) is 20.1 Å². The van der Waals surface area contributed by atoms with Crippen molar-refractivity contribution in [3.8, 4) is 0 Å². The first-order valence-corrected chi connectivity index (χ1v) is 16.8. The summed E-state index contributed by atoms with van der Waals surface area (Å²) in [6, 6.07) is 11.2. The van der Waals surface area contributed by atoms with Gasteiger partial charge in [-0.05, 0) is 112 Å². The van der Waals surface area contributed by atoms with Gasteiger partial charge < -0.3 is 15.5 Å². The number of amides is 2. The van der Waals surface area contributed by atoms with Crippen molar-refractivity contribution in [2.24, 2.45) is 17.1 Å².